The van der Waals surface area contributed by atoms with Gasteiger partial charge in [0, 0.05) is 24.5 Å². The first kappa shape index (κ1) is 14.8. The number of carbonyl (C=O) groups is 1. The average Bonchev–Trinajstić information content (AvgIpc) is 2.88. The predicted molar refractivity (Wildman–Crippen MR) is 78.9 cm³/mol. The summed E-state index contributed by atoms with van der Waals surface area (Å²) in [5.74, 6) is 2.77. The fourth-order valence-electron chi connectivity index (χ4n) is 3.89. The predicted octanol–water partition coefficient (Wildman–Crippen LogP) is 2.71. The SMILES string of the molecule is CC(NC(=O)CCNC(C)(C)C)C1CC2CCC1C2. The molecule has 3 heteroatoms. The summed E-state index contributed by atoms with van der Waals surface area (Å²) in [6.07, 6.45) is 6.16. The van der Waals surface area contributed by atoms with E-state index < -0.39 is 0 Å². The second-order valence-electron chi connectivity index (χ2n) is 7.62. The number of rotatable bonds is 5. The zero-order valence-electron chi connectivity index (χ0n) is 13.0. The Morgan fingerprint density at radius 1 is 1.26 bits per heavy atom. The van der Waals surface area contributed by atoms with E-state index in [1.807, 2.05) is 0 Å². The highest BCUT2D eigenvalue weighted by Gasteiger charge is 2.41. The monoisotopic (exact) mass is 266 g/mol. The highest BCUT2D eigenvalue weighted by atomic mass is 16.1. The maximum atomic E-state index is 12.0. The van der Waals surface area contributed by atoms with Crippen molar-refractivity contribution >= 4 is 5.91 Å². The lowest BCUT2D eigenvalue weighted by molar-refractivity contribution is -0.122. The van der Waals surface area contributed by atoms with Crippen LogP contribution in [-0.4, -0.2) is 24.0 Å². The third kappa shape index (κ3) is 4.20. The Bertz CT molecular complexity index is 321. The van der Waals surface area contributed by atoms with E-state index >= 15 is 0 Å². The van der Waals surface area contributed by atoms with Crippen LogP contribution in [0.5, 0.6) is 0 Å². The first-order valence-corrected chi connectivity index (χ1v) is 7.89. The van der Waals surface area contributed by atoms with Crippen LogP contribution in [0.1, 0.15) is 59.8 Å². The summed E-state index contributed by atoms with van der Waals surface area (Å²) >= 11 is 0. The first-order valence-electron chi connectivity index (χ1n) is 7.89. The summed E-state index contributed by atoms with van der Waals surface area (Å²) in [7, 11) is 0. The number of fused-ring (bicyclic) bond motifs is 2. The summed E-state index contributed by atoms with van der Waals surface area (Å²) in [6, 6.07) is 0.359. The van der Waals surface area contributed by atoms with Crippen molar-refractivity contribution in [3.05, 3.63) is 0 Å². The number of hydrogen-bond acceptors (Lipinski definition) is 2. The number of nitrogens with one attached hydrogen (secondary N) is 2. The Labute approximate surface area is 117 Å². The average molecular weight is 266 g/mol. The Morgan fingerprint density at radius 2 is 2.00 bits per heavy atom. The van der Waals surface area contributed by atoms with E-state index in [9.17, 15) is 4.79 Å². The zero-order chi connectivity index (χ0) is 14.0. The van der Waals surface area contributed by atoms with Gasteiger partial charge in [0.2, 0.25) is 5.91 Å². The van der Waals surface area contributed by atoms with Crippen molar-refractivity contribution < 1.29 is 4.79 Å². The van der Waals surface area contributed by atoms with Crippen LogP contribution in [0.2, 0.25) is 0 Å². The van der Waals surface area contributed by atoms with Gasteiger partial charge < -0.3 is 10.6 Å². The molecule has 0 aromatic carbocycles. The smallest absolute Gasteiger partial charge is 0.221 e. The van der Waals surface area contributed by atoms with Gasteiger partial charge in [0.05, 0.1) is 0 Å². The van der Waals surface area contributed by atoms with Crippen molar-refractivity contribution in [2.75, 3.05) is 6.54 Å². The van der Waals surface area contributed by atoms with E-state index in [2.05, 4.69) is 38.3 Å². The van der Waals surface area contributed by atoms with Crippen LogP contribution in [0.25, 0.3) is 0 Å². The van der Waals surface area contributed by atoms with Crippen molar-refractivity contribution in [2.45, 2.75) is 71.4 Å². The Balaban J connectivity index is 1.67. The van der Waals surface area contributed by atoms with E-state index in [1.54, 1.807) is 0 Å². The largest absolute Gasteiger partial charge is 0.353 e. The second kappa shape index (κ2) is 5.82. The summed E-state index contributed by atoms with van der Waals surface area (Å²) < 4.78 is 0. The normalized spacial score (nSPS) is 31.5. The van der Waals surface area contributed by atoms with Gasteiger partial charge >= 0.3 is 0 Å². The van der Waals surface area contributed by atoms with Crippen molar-refractivity contribution in [1.29, 1.82) is 0 Å². The molecule has 2 aliphatic rings. The van der Waals surface area contributed by atoms with E-state index in [0.29, 0.717) is 12.5 Å². The third-order valence-corrected chi connectivity index (χ3v) is 4.83. The van der Waals surface area contributed by atoms with Crippen LogP contribution in [0.4, 0.5) is 0 Å². The third-order valence-electron chi connectivity index (χ3n) is 4.83. The molecule has 0 aromatic heterocycles. The van der Waals surface area contributed by atoms with Crippen LogP contribution >= 0.6 is 0 Å². The van der Waals surface area contributed by atoms with Gasteiger partial charge in [-0.2, -0.15) is 0 Å². The van der Waals surface area contributed by atoms with Gasteiger partial charge in [-0.3, -0.25) is 4.79 Å². The fourth-order valence-corrected chi connectivity index (χ4v) is 3.89. The van der Waals surface area contributed by atoms with Gasteiger partial charge in [-0.25, -0.2) is 0 Å². The number of amides is 1. The van der Waals surface area contributed by atoms with Crippen molar-refractivity contribution in [2.24, 2.45) is 17.8 Å². The van der Waals surface area contributed by atoms with E-state index in [-0.39, 0.29) is 11.4 Å². The molecule has 2 fully saturated rings. The molecule has 4 atom stereocenters. The van der Waals surface area contributed by atoms with Gasteiger partial charge in [0.15, 0.2) is 0 Å². The lowest BCUT2D eigenvalue weighted by Gasteiger charge is -2.28. The molecule has 1 amide bonds. The lowest BCUT2D eigenvalue weighted by atomic mass is 9.84. The minimum Gasteiger partial charge on any atom is -0.353 e. The van der Waals surface area contributed by atoms with Gasteiger partial charge in [0.25, 0.3) is 0 Å². The molecule has 4 unspecified atom stereocenters. The molecular weight excluding hydrogens is 236 g/mol. The summed E-state index contributed by atoms with van der Waals surface area (Å²) in [5.41, 5.74) is 0.0937. The molecule has 110 valence electrons. The quantitative estimate of drug-likeness (QED) is 0.803. The van der Waals surface area contributed by atoms with Crippen LogP contribution in [-0.2, 0) is 4.79 Å². The first-order chi connectivity index (χ1) is 8.85. The summed E-state index contributed by atoms with van der Waals surface area (Å²) in [4.78, 5) is 12.0. The zero-order valence-corrected chi connectivity index (χ0v) is 13.0. The van der Waals surface area contributed by atoms with Gasteiger partial charge in [-0.15, -0.1) is 0 Å². The molecule has 2 aliphatic carbocycles. The summed E-state index contributed by atoms with van der Waals surface area (Å²) in [6.45, 7) is 9.34. The maximum Gasteiger partial charge on any atom is 0.221 e. The van der Waals surface area contributed by atoms with Crippen molar-refractivity contribution in [3.8, 4) is 0 Å². The molecule has 0 aromatic rings. The fraction of sp³-hybridized carbons (Fsp3) is 0.938. The maximum absolute atomic E-state index is 12.0. The molecular formula is C16H30N2O. The standard InChI is InChI=1S/C16H30N2O/c1-11(14-10-12-5-6-13(14)9-12)18-15(19)7-8-17-16(2,3)4/h11-14,17H,5-10H2,1-4H3,(H,18,19). The molecule has 2 N–H and O–H groups in total. The number of carbonyl (C=O) groups excluding carboxylic acids is 1. The van der Waals surface area contributed by atoms with Crippen LogP contribution < -0.4 is 10.6 Å². The second-order valence-corrected chi connectivity index (χ2v) is 7.62. The molecule has 0 aliphatic heterocycles. The molecule has 19 heavy (non-hydrogen) atoms. The van der Waals surface area contributed by atoms with E-state index in [1.165, 1.54) is 25.7 Å². The topological polar surface area (TPSA) is 41.1 Å². The molecule has 2 bridgehead atoms. The Kier molecular flexibility index (Phi) is 4.54. The van der Waals surface area contributed by atoms with Crippen LogP contribution in [0, 0.1) is 17.8 Å². The van der Waals surface area contributed by atoms with Crippen LogP contribution in [0.3, 0.4) is 0 Å². The van der Waals surface area contributed by atoms with Gasteiger partial charge in [-0.1, -0.05) is 6.42 Å². The lowest BCUT2D eigenvalue weighted by Crippen LogP contribution is -2.42. The molecule has 0 spiro atoms. The highest BCUT2D eigenvalue weighted by molar-refractivity contribution is 5.76. The molecule has 2 rings (SSSR count). The Morgan fingerprint density at radius 3 is 2.53 bits per heavy atom. The molecule has 2 saturated carbocycles. The van der Waals surface area contributed by atoms with Gasteiger partial charge in [-0.05, 0) is 64.7 Å². The van der Waals surface area contributed by atoms with Crippen molar-refractivity contribution in [1.82, 2.24) is 10.6 Å². The summed E-state index contributed by atoms with van der Waals surface area (Å²) in [5, 5.41) is 6.58. The van der Waals surface area contributed by atoms with Crippen LogP contribution in [0.15, 0.2) is 0 Å². The minimum absolute atomic E-state index is 0.0937. The molecule has 3 nitrogen and oxygen atoms in total. The molecule has 0 radical (unpaired) electrons. The van der Waals surface area contributed by atoms with Gasteiger partial charge in [0.1, 0.15) is 0 Å². The minimum atomic E-state index is 0.0937. The Hall–Kier alpha value is -0.570. The highest BCUT2D eigenvalue weighted by Crippen LogP contribution is 2.49. The number of hydrogen-bond donors (Lipinski definition) is 2. The van der Waals surface area contributed by atoms with E-state index in [0.717, 1.165) is 24.3 Å². The van der Waals surface area contributed by atoms with E-state index in [4.69, 9.17) is 0 Å². The van der Waals surface area contributed by atoms with Crippen molar-refractivity contribution in [3.63, 3.8) is 0 Å². The molecule has 0 heterocycles. The molecule has 0 saturated heterocycles.